The van der Waals surface area contributed by atoms with Gasteiger partial charge >= 0.3 is 0 Å². The molecule has 1 aromatic carbocycles. The van der Waals surface area contributed by atoms with Crippen LogP contribution in [0, 0.1) is 0 Å². The van der Waals surface area contributed by atoms with Crippen molar-refractivity contribution in [3.8, 4) is 0 Å². The van der Waals surface area contributed by atoms with E-state index >= 15 is 0 Å². The molecule has 0 saturated heterocycles. The molecule has 0 amide bonds. The van der Waals surface area contributed by atoms with Crippen molar-refractivity contribution >= 4 is 33.2 Å². The fourth-order valence-electron chi connectivity index (χ4n) is 1.64. The molecule has 0 bridgehead atoms. The van der Waals surface area contributed by atoms with Gasteiger partial charge in [-0.2, -0.15) is 0 Å². The van der Waals surface area contributed by atoms with Crippen LogP contribution in [-0.2, 0) is 4.74 Å². The van der Waals surface area contributed by atoms with Gasteiger partial charge in [0.25, 0.3) is 0 Å². The summed E-state index contributed by atoms with van der Waals surface area (Å²) in [5.74, 6) is 0. The molecule has 0 heterocycles. The second-order valence-electron chi connectivity index (χ2n) is 4.02. The summed E-state index contributed by atoms with van der Waals surface area (Å²) in [6, 6.07) is 5.72. The molecule has 0 aliphatic carbocycles. The average molecular weight is 322 g/mol. The first kappa shape index (κ1) is 14.8. The second-order valence-corrected chi connectivity index (χ2v) is 5.29. The molecule has 5 heteroatoms. The second kappa shape index (κ2) is 6.59. The summed E-state index contributed by atoms with van der Waals surface area (Å²) in [5, 5.41) is 4.11. The maximum absolute atomic E-state index is 5.96. The number of nitrogens with two attached hydrogens (primary N) is 1. The van der Waals surface area contributed by atoms with E-state index in [1.807, 2.05) is 18.2 Å². The number of nitrogens with one attached hydrogen (secondary N) is 1. The number of hydrogen-bond acceptors (Lipinski definition) is 3. The Labute approximate surface area is 116 Å². The Bertz CT molecular complexity index is 370. The molecule has 0 radical (unpaired) electrons. The minimum absolute atomic E-state index is 0.234. The molecule has 1 rings (SSSR count). The highest BCUT2D eigenvalue weighted by Crippen LogP contribution is 2.27. The quantitative estimate of drug-likeness (QED) is 0.845. The predicted molar refractivity (Wildman–Crippen MR) is 76.7 cm³/mol. The number of hydrogen-bond donors (Lipinski definition) is 2. The molecular formula is C12H18BrClN2O. The van der Waals surface area contributed by atoms with E-state index in [1.54, 1.807) is 7.11 Å². The molecule has 0 aromatic heterocycles. The summed E-state index contributed by atoms with van der Waals surface area (Å²) in [4.78, 5) is 0. The molecule has 1 unspecified atom stereocenters. The molecule has 0 fully saturated rings. The van der Waals surface area contributed by atoms with Crippen molar-refractivity contribution in [3.05, 3.63) is 27.7 Å². The Hall–Kier alpha value is -0.290. The van der Waals surface area contributed by atoms with Gasteiger partial charge in [-0.3, -0.25) is 0 Å². The normalized spacial score (nSPS) is 14.4. The first-order chi connectivity index (χ1) is 8.06. The molecule has 3 nitrogen and oxygen atoms in total. The maximum atomic E-state index is 5.96. The highest BCUT2D eigenvalue weighted by molar-refractivity contribution is 9.10. The monoisotopic (exact) mass is 320 g/mol. The number of benzene rings is 1. The van der Waals surface area contributed by atoms with Crippen molar-refractivity contribution in [3.63, 3.8) is 0 Å². The number of halogens is 2. The Morgan fingerprint density at radius 2 is 2.24 bits per heavy atom. The van der Waals surface area contributed by atoms with Gasteiger partial charge < -0.3 is 15.8 Å². The Balaban J connectivity index is 2.89. The Morgan fingerprint density at radius 1 is 1.53 bits per heavy atom. The smallest absolute Gasteiger partial charge is 0.0725 e. The molecule has 17 heavy (non-hydrogen) atoms. The summed E-state index contributed by atoms with van der Waals surface area (Å²) in [7, 11) is 1.68. The minimum atomic E-state index is -0.234. The van der Waals surface area contributed by atoms with Gasteiger partial charge in [0.1, 0.15) is 0 Å². The number of anilines is 1. The lowest BCUT2D eigenvalue weighted by atomic mass is 9.97. The van der Waals surface area contributed by atoms with Crippen LogP contribution in [0.1, 0.15) is 13.3 Å². The third-order valence-corrected chi connectivity index (χ3v) is 4.03. The first-order valence-corrected chi connectivity index (χ1v) is 6.66. The largest absolute Gasteiger partial charge is 0.382 e. The molecule has 0 aliphatic rings. The minimum Gasteiger partial charge on any atom is -0.382 e. The van der Waals surface area contributed by atoms with Gasteiger partial charge in [-0.15, -0.1) is 0 Å². The van der Waals surface area contributed by atoms with Crippen LogP contribution >= 0.6 is 27.5 Å². The SMILES string of the molecule is CCC(CN)(COC)Nc1ccc(Cl)c(Br)c1. The molecule has 0 spiro atoms. The molecule has 0 aliphatic heterocycles. The van der Waals surface area contributed by atoms with Crippen molar-refractivity contribution in [2.45, 2.75) is 18.9 Å². The van der Waals surface area contributed by atoms with Crippen LogP contribution in [0.15, 0.2) is 22.7 Å². The highest BCUT2D eigenvalue weighted by atomic mass is 79.9. The molecular weight excluding hydrogens is 304 g/mol. The summed E-state index contributed by atoms with van der Waals surface area (Å²) >= 11 is 9.36. The van der Waals surface area contributed by atoms with E-state index in [0.717, 1.165) is 16.6 Å². The van der Waals surface area contributed by atoms with Gasteiger partial charge in [0.2, 0.25) is 0 Å². The average Bonchev–Trinajstić information content (AvgIpc) is 2.33. The van der Waals surface area contributed by atoms with Crippen molar-refractivity contribution < 1.29 is 4.74 Å². The summed E-state index contributed by atoms with van der Waals surface area (Å²) in [6.07, 6.45) is 0.886. The van der Waals surface area contributed by atoms with E-state index in [4.69, 9.17) is 22.1 Å². The fourth-order valence-corrected chi connectivity index (χ4v) is 2.13. The lowest BCUT2D eigenvalue weighted by Gasteiger charge is -2.33. The van der Waals surface area contributed by atoms with Crippen LogP contribution in [0.4, 0.5) is 5.69 Å². The number of rotatable bonds is 6. The van der Waals surface area contributed by atoms with E-state index in [2.05, 4.69) is 28.2 Å². The summed E-state index contributed by atoms with van der Waals surface area (Å²) < 4.78 is 6.10. The lowest BCUT2D eigenvalue weighted by molar-refractivity contribution is 0.143. The van der Waals surface area contributed by atoms with E-state index in [0.29, 0.717) is 18.2 Å². The van der Waals surface area contributed by atoms with Gasteiger partial charge in [0.15, 0.2) is 0 Å². The topological polar surface area (TPSA) is 47.3 Å². The first-order valence-electron chi connectivity index (χ1n) is 5.49. The van der Waals surface area contributed by atoms with Crippen LogP contribution < -0.4 is 11.1 Å². The van der Waals surface area contributed by atoms with Gasteiger partial charge in [-0.1, -0.05) is 18.5 Å². The molecule has 0 saturated carbocycles. The zero-order chi connectivity index (χ0) is 12.9. The summed E-state index contributed by atoms with van der Waals surface area (Å²) in [5.41, 5.74) is 6.58. The van der Waals surface area contributed by atoms with Crippen LogP contribution in [0.25, 0.3) is 0 Å². The van der Waals surface area contributed by atoms with Crippen LogP contribution in [0.3, 0.4) is 0 Å². The van der Waals surface area contributed by atoms with Crippen LogP contribution in [0.2, 0.25) is 5.02 Å². The zero-order valence-electron chi connectivity index (χ0n) is 10.1. The number of ether oxygens (including phenoxy) is 1. The summed E-state index contributed by atoms with van der Waals surface area (Å²) in [6.45, 7) is 3.17. The standard InChI is InChI=1S/C12H18BrClN2O/c1-3-12(7-15,8-17-2)16-9-4-5-11(14)10(13)6-9/h4-6,16H,3,7-8,15H2,1-2H3. The molecule has 1 atom stereocenters. The molecule has 3 N–H and O–H groups in total. The number of methoxy groups -OCH3 is 1. The Kier molecular flexibility index (Phi) is 5.73. The molecule has 1 aromatic rings. The predicted octanol–water partition coefficient (Wildman–Crippen LogP) is 3.27. The van der Waals surface area contributed by atoms with Gasteiger partial charge in [0.05, 0.1) is 17.2 Å². The molecule has 96 valence electrons. The van der Waals surface area contributed by atoms with Crippen LogP contribution in [-0.4, -0.2) is 25.8 Å². The third-order valence-electron chi connectivity index (χ3n) is 2.82. The van der Waals surface area contributed by atoms with Gasteiger partial charge in [-0.25, -0.2) is 0 Å². The van der Waals surface area contributed by atoms with E-state index in [-0.39, 0.29) is 5.54 Å². The fraction of sp³-hybridized carbons (Fsp3) is 0.500. The van der Waals surface area contributed by atoms with Gasteiger partial charge in [0, 0.05) is 23.8 Å². The van der Waals surface area contributed by atoms with E-state index < -0.39 is 0 Å². The third kappa shape index (κ3) is 3.85. The van der Waals surface area contributed by atoms with Crippen molar-refractivity contribution in [1.82, 2.24) is 0 Å². The van der Waals surface area contributed by atoms with Crippen molar-refractivity contribution in [2.75, 3.05) is 25.6 Å². The lowest BCUT2D eigenvalue weighted by Crippen LogP contribution is -2.48. The van der Waals surface area contributed by atoms with Crippen molar-refractivity contribution in [2.24, 2.45) is 5.73 Å². The van der Waals surface area contributed by atoms with Crippen LogP contribution in [0.5, 0.6) is 0 Å². The Morgan fingerprint density at radius 3 is 2.71 bits per heavy atom. The highest BCUT2D eigenvalue weighted by Gasteiger charge is 2.26. The maximum Gasteiger partial charge on any atom is 0.0725 e. The van der Waals surface area contributed by atoms with E-state index in [9.17, 15) is 0 Å². The zero-order valence-corrected chi connectivity index (χ0v) is 12.4. The van der Waals surface area contributed by atoms with Gasteiger partial charge in [-0.05, 0) is 40.5 Å². The van der Waals surface area contributed by atoms with E-state index in [1.165, 1.54) is 0 Å². The van der Waals surface area contributed by atoms with Crippen molar-refractivity contribution in [1.29, 1.82) is 0 Å².